The zero-order valence-electron chi connectivity index (χ0n) is 18.9. The van der Waals surface area contributed by atoms with Crippen LogP contribution in [0.2, 0.25) is 0 Å². The Morgan fingerprint density at radius 2 is 1.86 bits per heavy atom. The minimum absolute atomic E-state index is 0.322. The lowest BCUT2D eigenvalue weighted by Gasteiger charge is -2.27. The Bertz CT molecular complexity index is 1460. The van der Waals surface area contributed by atoms with Gasteiger partial charge in [0.1, 0.15) is 18.0 Å². The summed E-state index contributed by atoms with van der Waals surface area (Å²) in [6.45, 7) is 3.04. The van der Waals surface area contributed by atoms with Crippen molar-refractivity contribution in [1.29, 1.82) is 0 Å². The van der Waals surface area contributed by atoms with Crippen molar-refractivity contribution in [2.24, 2.45) is 0 Å². The first-order valence-electron chi connectivity index (χ1n) is 11.4. The minimum Gasteiger partial charge on any atom is -0.378 e. The molecule has 0 spiro atoms. The smallest absolute Gasteiger partial charge is 0.229 e. The lowest BCUT2D eigenvalue weighted by atomic mass is 10.2. The summed E-state index contributed by atoms with van der Waals surface area (Å²) in [7, 11) is 0. The van der Waals surface area contributed by atoms with Gasteiger partial charge >= 0.3 is 0 Å². The molecule has 9 nitrogen and oxygen atoms in total. The standard InChI is InChI=1S/C25H23FN8O/c26-18-7-4-8-19(13-18)34-16-29-22-23(31-25(32-24(22)34)33-9-11-35-12-10-33)28-15-21-27-14-20(30-21)17-5-2-1-3-6-17/h1-8,13-14,16H,9-12,15H2,(H,27,30)(H,28,31,32). The van der Waals surface area contributed by atoms with Gasteiger partial charge in [-0.15, -0.1) is 0 Å². The number of hydrogen-bond acceptors (Lipinski definition) is 7. The fraction of sp³-hybridized carbons (Fsp3) is 0.200. The normalized spacial score (nSPS) is 13.9. The molecular weight excluding hydrogens is 447 g/mol. The molecule has 35 heavy (non-hydrogen) atoms. The van der Waals surface area contributed by atoms with Crippen LogP contribution in [0.25, 0.3) is 28.1 Å². The zero-order valence-corrected chi connectivity index (χ0v) is 18.9. The van der Waals surface area contributed by atoms with Crippen LogP contribution in [-0.2, 0) is 11.3 Å². The van der Waals surface area contributed by atoms with E-state index in [1.165, 1.54) is 12.1 Å². The summed E-state index contributed by atoms with van der Waals surface area (Å²) in [4.78, 5) is 24.1. The summed E-state index contributed by atoms with van der Waals surface area (Å²) in [5.41, 5.74) is 3.85. The quantitative estimate of drug-likeness (QED) is 0.390. The molecule has 3 aromatic heterocycles. The molecule has 1 aliphatic rings. The third-order valence-electron chi connectivity index (χ3n) is 5.90. The van der Waals surface area contributed by atoms with E-state index in [1.54, 1.807) is 17.0 Å². The van der Waals surface area contributed by atoms with Crippen molar-refractivity contribution in [3.8, 4) is 16.9 Å². The van der Waals surface area contributed by atoms with Crippen LogP contribution < -0.4 is 10.2 Å². The van der Waals surface area contributed by atoms with Crippen LogP contribution in [0.5, 0.6) is 0 Å². The Labute approximate surface area is 200 Å². The first-order chi connectivity index (χ1) is 17.2. The van der Waals surface area contributed by atoms with Gasteiger partial charge in [0.15, 0.2) is 17.0 Å². The van der Waals surface area contributed by atoms with Gasteiger partial charge in [-0.3, -0.25) is 4.57 Å². The lowest BCUT2D eigenvalue weighted by molar-refractivity contribution is 0.122. The molecule has 6 rings (SSSR count). The van der Waals surface area contributed by atoms with Gasteiger partial charge in [-0.05, 0) is 23.8 Å². The van der Waals surface area contributed by atoms with E-state index in [1.807, 2.05) is 42.6 Å². The molecule has 2 N–H and O–H groups in total. The molecule has 1 saturated heterocycles. The number of aromatic amines is 1. The van der Waals surface area contributed by atoms with E-state index in [0.29, 0.717) is 61.5 Å². The van der Waals surface area contributed by atoms with Gasteiger partial charge in [-0.2, -0.15) is 9.97 Å². The average molecular weight is 471 g/mol. The topological polar surface area (TPSA) is 96.8 Å². The second-order valence-electron chi connectivity index (χ2n) is 8.20. The molecule has 5 aromatic rings. The highest BCUT2D eigenvalue weighted by Gasteiger charge is 2.20. The maximum Gasteiger partial charge on any atom is 0.229 e. The number of benzene rings is 2. The Hall–Kier alpha value is -4.31. The number of rotatable bonds is 6. The number of fused-ring (bicyclic) bond motifs is 1. The second-order valence-corrected chi connectivity index (χ2v) is 8.20. The first kappa shape index (κ1) is 21.2. The number of H-pyrrole nitrogens is 1. The van der Waals surface area contributed by atoms with Crippen molar-refractivity contribution in [3.63, 3.8) is 0 Å². The van der Waals surface area contributed by atoms with Crippen LogP contribution in [-0.4, -0.2) is 55.8 Å². The van der Waals surface area contributed by atoms with Crippen molar-refractivity contribution in [1.82, 2.24) is 29.5 Å². The monoisotopic (exact) mass is 470 g/mol. The van der Waals surface area contributed by atoms with Gasteiger partial charge in [-0.1, -0.05) is 36.4 Å². The summed E-state index contributed by atoms with van der Waals surface area (Å²) in [5.74, 6) is 1.61. The SMILES string of the molecule is Fc1cccc(-n2cnc3c(NCc4ncc(-c5ccccc5)[nH]4)nc(N4CCOCC4)nc32)c1. The largest absolute Gasteiger partial charge is 0.378 e. The molecule has 176 valence electrons. The third kappa shape index (κ3) is 4.31. The van der Waals surface area contributed by atoms with Gasteiger partial charge in [0.05, 0.1) is 37.3 Å². The van der Waals surface area contributed by atoms with Crippen molar-refractivity contribution in [2.45, 2.75) is 6.54 Å². The number of nitrogens with one attached hydrogen (secondary N) is 2. The van der Waals surface area contributed by atoms with E-state index in [2.05, 4.69) is 25.2 Å². The van der Waals surface area contributed by atoms with Crippen molar-refractivity contribution < 1.29 is 9.13 Å². The summed E-state index contributed by atoms with van der Waals surface area (Å²) < 4.78 is 21.2. The maximum atomic E-state index is 13.9. The van der Waals surface area contributed by atoms with E-state index < -0.39 is 0 Å². The molecule has 10 heteroatoms. The van der Waals surface area contributed by atoms with Crippen molar-refractivity contribution in [2.75, 3.05) is 36.5 Å². The predicted octanol–water partition coefficient (Wildman–Crippen LogP) is 3.79. The molecule has 0 aliphatic carbocycles. The predicted molar refractivity (Wildman–Crippen MR) is 131 cm³/mol. The number of imidazole rings is 2. The van der Waals surface area contributed by atoms with Crippen molar-refractivity contribution >= 4 is 22.9 Å². The van der Waals surface area contributed by atoms with Crippen LogP contribution in [0.15, 0.2) is 67.1 Å². The maximum absolute atomic E-state index is 13.9. The molecule has 1 aliphatic heterocycles. The van der Waals surface area contributed by atoms with Crippen LogP contribution in [0.4, 0.5) is 16.2 Å². The molecule has 0 amide bonds. The summed E-state index contributed by atoms with van der Waals surface area (Å²) in [6, 6.07) is 16.4. The van der Waals surface area contributed by atoms with Crippen LogP contribution >= 0.6 is 0 Å². The average Bonchev–Trinajstić information content (AvgIpc) is 3.56. The van der Waals surface area contributed by atoms with Gasteiger partial charge in [-0.25, -0.2) is 14.4 Å². The van der Waals surface area contributed by atoms with E-state index in [-0.39, 0.29) is 5.82 Å². The van der Waals surface area contributed by atoms with E-state index in [4.69, 9.17) is 14.7 Å². The van der Waals surface area contributed by atoms with Crippen LogP contribution in [0, 0.1) is 5.82 Å². The zero-order chi connectivity index (χ0) is 23.6. The fourth-order valence-corrected chi connectivity index (χ4v) is 4.12. The summed E-state index contributed by atoms with van der Waals surface area (Å²) in [5, 5.41) is 3.37. The number of morpholine rings is 1. The Balaban J connectivity index is 1.35. The summed E-state index contributed by atoms with van der Waals surface area (Å²) >= 11 is 0. The van der Waals surface area contributed by atoms with Crippen LogP contribution in [0.1, 0.15) is 5.82 Å². The van der Waals surface area contributed by atoms with E-state index >= 15 is 0 Å². The number of hydrogen-bond donors (Lipinski definition) is 2. The van der Waals surface area contributed by atoms with Gasteiger partial charge < -0.3 is 19.9 Å². The second kappa shape index (κ2) is 9.15. The number of aromatic nitrogens is 6. The van der Waals surface area contributed by atoms with E-state index in [0.717, 1.165) is 17.1 Å². The minimum atomic E-state index is -0.322. The van der Waals surface area contributed by atoms with Crippen molar-refractivity contribution in [3.05, 3.63) is 78.8 Å². The Morgan fingerprint density at radius 3 is 2.69 bits per heavy atom. The first-order valence-corrected chi connectivity index (χ1v) is 11.4. The number of anilines is 2. The number of nitrogens with zero attached hydrogens (tertiary/aromatic N) is 6. The third-order valence-corrected chi connectivity index (χ3v) is 5.90. The molecule has 0 radical (unpaired) electrons. The van der Waals surface area contributed by atoms with Gasteiger partial charge in [0, 0.05) is 13.1 Å². The lowest BCUT2D eigenvalue weighted by Crippen LogP contribution is -2.37. The highest BCUT2D eigenvalue weighted by Crippen LogP contribution is 2.26. The van der Waals surface area contributed by atoms with Gasteiger partial charge in [0.2, 0.25) is 5.95 Å². The summed E-state index contributed by atoms with van der Waals surface area (Å²) in [6.07, 6.45) is 3.46. The highest BCUT2D eigenvalue weighted by molar-refractivity contribution is 5.85. The molecule has 0 atom stereocenters. The molecule has 2 aromatic carbocycles. The molecular formula is C25H23FN8O. The molecule has 4 heterocycles. The van der Waals surface area contributed by atoms with E-state index in [9.17, 15) is 4.39 Å². The number of ether oxygens (including phenoxy) is 1. The fourth-order valence-electron chi connectivity index (χ4n) is 4.12. The molecule has 0 bridgehead atoms. The molecule has 1 fully saturated rings. The van der Waals surface area contributed by atoms with Gasteiger partial charge in [0.25, 0.3) is 0 Å². The molecule has 0 unspecified atom stereocenters. The van der Waals surface area contributed by atoms with Crippen LogP contribution in [0.3, 0.4) is 0 Å². The Morgan fingerprint density at radius 1 is 1.00 bits per heavy atom. The Kier molecular flexibility index (Phi) is 5.55. The highest BCUT2D eigenvalue weighted by atomic mass is 19.1. The number of halogens is 1. The molecule has 0 saturated carbocycles.